The Bertz CT molecular complexity index is 1340. The minimum absolute atomic E-state index is 0.0700. The van der Waals surface area contributed by atoms with Gasteiger partial charge >= 0.3 is 0 Å². The van der Waals surface area contributed by atoms with Crippen LogP contribution < -0.4 is 10.6 Å². The fourth-order valence-electron chi connectivity index (χ4n) is 4.01. The summed E-state index contributed by atoms with van der Waals surface area (Å²) in [6.45, 7) is 1.50. The molecule has 2 amide bonds. The van der Waals surface area contributed by atoms with Crippen LogP contribution in [-0.2, 0) is 16.0 Å². The van der Waals surface area contributed by atoms with Gasteiger partial charge in [-0.2, -0.15) is 5.26 Å². The van der Waals surface area contributed by atoms with Gasteiger partial charge in [0.25, 0.3) is 5.91 Å². The Kier molecular flexibility index (Phi) is 7.47. The van der Waals surface area contributed by atoms with E-state index in [-0.39, 0.29) is 11.8 Å². The lowest BCUT2D eigenvalue weighted by Crippen LogP contribution is -2.34. The van der Waals surface area contributed by atoms with Crippen molar-refractivity contribution in [3.8, 4) is 6.07 Å². The maximum Gasteiger partial charge on any atom is 0.258 e. The number of fused-ring (bicyclic) bond motifs is 1. The highest BCUT2D eigenvalue weighted by Crippen LogP contribution is 2.38. The summed E-state index contributed by atoms with van der Waals surface area (Å²) < 4.78 is 0. The molecule has 0 unspecified atom stereocenters. The Labute approximate surface area is 211 Å². The van der Waals surface area contributed by atoms with E-state index in [1.54, 1.807) is 23.1 Å². The SMILES string of the molecule is CN(C)CCN(C)C(=O)Cc1ccc(NC(=C2C(=O)Nc3cc(C#N)ccc32)c2ccccc2)cc1. The topological polar surface area (TPSA) is 88.5 Å². The van der Waals surface area contributed by atoms with Crippen molar-refractivity contribution in [2.75, 3.05) is 44.9 Å². The number of nitriles is 1. The number of benzene rings is 3. The fraction of sp³-hybridized carbons (Fsp3) is 0.207. The van der Waals surface area contributed by atoms with E-state index in [9.17, 15) is 14.9 Å². The summed E-state index contributed by atoms with van der Waals surface area (Å²) in [5.74, 6) is -0.157. The van der Waals surface area contributed by atoms with Gasteiger partial charge in [-0.1, -0.05) is 48.5 Å². The number of amides is 2. The number of hydrogen-bond donors (Lipinski definition) is 2. The van der Waals surface area contributed by atoms with E-state index in [2.05, 4.69) is 21.6 Å². The Morgan fingerprint density at radius 3 is 2.36 bits per heavy atom. The highest BCUT2D eigenvalue weighted by molar-refractivity contribution is 6.37. The molecule has 7 nitrogen and oxygen atoms in total. The summed E-state index contributed by atoms with van der Waals surface area (Å²) in [6, 6.07) is 24.6. The maximum atomic E-state index is 13.0. The minimum atomic E-state index is -0.227. The quantitative estimate of drug-likeness (QED) is 0.476. The maximum absolute atomic E-state index is 13.0. The molecule has 0 atom stereocenters. The third-order valence-electron chi connectivity index (χ3n) is 6.09. The predicted molar refractivity (Wildman–Crippen MR) is 143 cm³/mol. The average molecular weight is 480 g/mol. The molecule has 1 heterocycles. The predicted octanol–water partition coefficient (Wildman–Crippen LogP) is 4.05. The van der Waals surface area contributed by atoms with E-state index >= 15 is 0 Å². The molecule has 2 N–H and O–H groups in total. The van der Waals surface area contributed by atoms with Gasteiger partial charge in [0.05, 0.1) is 35.0 Å². The van der Waals surface area contributed by atoms with Crippen LogP contribution in [-0.4, -0.2) is 55.8 Å². The number of anilines is 2. The molecular weight excluding hydrogens is 450 g/mol. The molecule has 182 valence electrons. The van der Waals surface area contributed by atoms with Gasteiger partial charge in [-0.05, 0) is 49.5 Å². The lowest BCUT2D eigenvalue weighted by molar-refractivity contribution is -0.129. The van der Waals surface area contributed by atoms with Crippen molar-refractivity contribution in [1.82, 2.24) is 9.80 Å². The van der Waals surface area contributed by atoms with Crippen LogP contribution in [0.3, 0.4) is 0 Å². The molecule has 3 aromatic rings. The normalized spacial score (nSPS) is 13.6. The third kappa shape index (κ3) is 5.62. The van der Waals surface area contributed by atoms with Crippen LogP contribution in [0.1, 0.15) is 22.3 Å². The molecule has 7 heteroatoms. The highest BCUT2D eigenvalue weighted by Gasteiger charge is 2.28. The van der Waals surface area contributed by atoms with Crippen molar-refractivity contribution >= 4 is 34.5 Å². The second kappa shape index (κ2) is 10.9. The smallest absolute Gasteiger partial charge is 0.258 e. The standard InChI is InChI=1S/C29H29N5O2/c1-33(2)15-16-34(3)26(35)18-20-9-12-23(13-10-20)31-28(22-7-5-4-6-8-22)27-24-14-11-21(19-30)17-25(24)32-29(27)36/h4-14,17,31H,15-16,18H2,1-3H3,(H,32,36). The highest BCUT2D eigenvalue weighted by atomic mass is 16.2. The van der Waals surface area contributed by atoms with E-state index in [1.807, 2.05) is 75.7 Å². The van der Waals surface area contributed by atoms with E-state index in [0.29, 0.717) is 35.5 Å². The number of likely N-dealkylation sites (N-methyl/N-ethyl adjacent to an activating group) is 2. The summed E-state index contributed by atoms with van der Waals surface area (Å²) in [4.78, 5) is 29.4. The van der Waals surface area contributed by atoms with E-state index in [4.69, 9.17) is 0 Å². The summed E-state index contributed by atoms with van der Waals surface area (Å²) in [5, 5.41) is 15.5. The van der Waals surface area contributed by atoms with Crippen LogP contribution in [0.4, 0.5) is 11.4 Å². The molecule has 0 saturated heterocycles. The Hall–Kier alpha value is -4.41. The first-order valence-electron chi connectivity index (χ1n) is 11.8. The zero-order chi connectivity index (χ0) is 25.7. The van der Waals surface area contributed by atoms with Gasteiger partial charge in [-0.3, -0.25) is 9.59 Å². The largest absolute Gasteiger partial charge is 0.354 e. The monoisotopic (exact) mass is 479 g/mol. The van der Waals surface area contributed by atoms with Crippen LogP contribution in [0.15, 0.2) is 72.8 Å². The van der Waals surface area contributed by atoms with E-state index in [0.717, 1.165) is 28.9 Å². The van der Waals surface area contributed by atoms with Crippen molar-refractivity contribution in [2.24, 2.45) is 0 Å². The Morgan fingerprint density at radius 1 is 0.972 bits per heavy atom. The molecule has 4 rings (SSSR count). The number of nitrogens with zero attached hydrogens (tertiary/aromatic N) is 3. The summed E-state index contributed by atoms with van der Waals surface area (Å²) in [5.41, 5.74) is 5.62. The Morgan fingerprint density at radius 2 is 1.69 bits per heavy atom. The van der Waals surface area contributed by atoms with Crippen molar-refractivity contribution < 1.29 is 9.59 Å². The van der Waals surface area contributed by atoms with Crippen LogP contribution in [0, 0.1) is 11.3 Å². The summed E-state index contributed by atoms with van der Waals surface area (Å²) in [7, 11) is 5.80. The molecule has 0 bridgehead atoms. The lowest BCUT2D eigenvalue weighted by atomic mass is 9.99. The molecule has 0 aromatic heterocycles. The third-order valence-corrected chi connectivity index (χ3v) is 6.09. The molecule has 1 aliphatic heterocycles. The summed E-state index contributed by atoms with van der Waals surface area (Å²) in [6.07, 6.45) is 0.327. The van der Waals surface area contributed by atoms with Crippen LogP contribution in [0.2, 0.25) is 0 Å². The second-order valence-corrected chi connectivity index (χ2v) is 9.06. The molecular formula is C29H29N5O2. The molecule has 36 heavy (non-hydrogen) atoms. The Balaban J connectivity index is 1.60. The number of hydrogen-bond acceptors (Lipinski definition) is 5. The number of carbonyl (C=O) groups is 2. The van der Waals surface area contributed by atoms with Gasteiger partial charge in [-0.15, -0.1) is 0 Å². The number of nitrogens with one attached hydrogen (secondary N) is 2. The summed E-state index contributed by atoms with van der Waals surface area (Å²) >= 11 is 0. The van der Waals surface area contributed by atoms with Gasteiger partial charge < -0.3 is 20.4 Å². The first-order chi connectivity index (χ1) is 17.4. The molecule has 0 radical (unpaired) electrons. The number of rotatable bonds is 8. The second-order valence-electron chi connectivity index (χ2n) is 9.06. The zero-order valence-corrected chi connectivity index (χ0v) is 20.7. The zero-order valence-electron chi connectivity index (χ0n) is 20.7. The molecule has 3 aromatic carbocycles. The number of carbonyl (C=O) groups excluding carboxylic acids is 2. The van der Waals surface area contributed by atoms with Crippen LogP contribution >= 0.6 is 0 Å². The first-order valence-corrected chi connectivity index (χ1v) is 11.8. The van der Waals surface area contributed by atoms with E-state index in [1.165, 1.54) is 0 Å². The van der Waals surface area contributed by atoms with E-state index < -0.39 is 0 Å². The van der Waals surface area contributed by atoms with Crippen LogP contribution in [0.25, 0.3) is 11.3 Å². The van der Waals surface area contributed by atoms with Crippen molar-refractivity contribution in [3.05, 3.63) is 95.1 Å². The van der Waals surface area contributed by atoms with Gasteiger partial charge in [0.1, 0.15) is 0 Å². The molecule has 0 aliphatic carbocycles. The van der Waals surface area contributed by atoms with Gasteiger partial charge in [0, 0.05) is 31.4 Å². The molecule has 1 aliphatic rings. The van der Waals surface area contributed by atoms with Gasteiger partial charge in [0.2, 0.25) is 5.91 Å². The molecule has 0 spiro atoms. The molecule has 0 fully saturated rings. The van der Waals surface area contributed by atoms with Crippen molar-refractivity contribution in [2.45, 2.75) is 6.42 Å². The first kappa shape index (κ1) is 24.7. The van der Waals surface area contributed by atoms with Gasteiger partial charge in [0.15, 0.2) is 0 Å². The minimum Gasteiger partial charge on any atom is -0.354 e. The fourth-order valence-corrected chi connectivity index (χ4v) is 4.01. The lowest BCUT2D eigenvalue weighted by Gasteiger charge is -2.20. The van der Waals surface area contributed by atoms with Crippen molar-refractivity contribution in [3.63, 3.8) is 0 Å². The van der Waals surface area contributed by atoms with Crippen molar-refractivity contribution in [1.29, 1.82) is 5.26 Å². The average Bonchev–Trinajstić information content (AvgIpc) is 3.21. The molecule has 0 saturated carbocycles. The van der Waals surface area contributed by atoms with Crippen LogP contribution in [0.5, 0.6) is 0 Å². The van der Waals surface area contributed by atoms with Gasteiger partial charge in [-0.25, -0.2) is 0 Å².